The molecule has 0 radical (unpaired) electrons. The highest BCUT2D eigenvalue weighted by atomic mass is 35.5. The van der Waals surface area contributed by atoms with Crippen molar-refractivity contribution in [3.8, 4) is 0 Å². The van der Waals surface area contributed by atoms with Gasteiger partial charge in [-0.05, 0) is 43.5 Å². The Morgan fingerprint density at radius 1 is 1.05 bits per heavy atom. The van der Waals surface area contributed by atoms with E-state index >= 15 is 0 Å². The number of hydrogen-bond donors (Lipinski definition) is 1. The van der Waals surface area contributed by atoms with Crippen molar-refractivity contribution in [3.63, 3.8) is 0 Å². The molecule has 20 heavy (non-hydrogen) atoms. The Labute approximate surface area is 127 Å². The highest BCUT2D eigenvalue weighted by molar-refractivity contribution is 6.30. The zero-order chi connectivity index (χ0) is 14.5. The molecule has 0 heterocycles. The lowest BCUT2D eigenvalue weighted by Crippen LogP contribution is -2.24. The van der Waals surface area contributed by atoms with Gasteiger partial charge < -0.3 is 5.32 Å². The van der Waals surface area contributed by atoms with Crippen molar-refractivity contribution >= 4 is 11.6 Å². The van der Waals surface area contributed by atoms with Crippen molar-refractivity contribution in [1.82, 2.24) is 5.32 Å². The molecule has 0 aromatic heterocycles. The molecule has 2 aromatic carbocycles. The minimum atomic E-state index is 0.278. The Kier molecular flexibility index (Phi) is 5.22. The van der Waals surface area contributed by atoms with Crippen LogP contribution in [0, 0.1) is 6.92 Å². The maximum absolute atomic E-state index is 6.07. The maximum Gasteiger partial charge on any atom is 0.0409 e. The zero-order valence-electron chi connectivity index (χ0n) is 12.4. The summed E-state index contributed by atoms with van der Waals surface area (Å²) in [4.78, 5) is 0. The molecular formula is C18H22ClN. The fraction of sp³-hybridized carbons (Fsp3) is 0.333. The molecule has 2 heteroatoms. The van der Waals surface area contributed by atoms with Gasteiger partial charge in [0.15, 0.2) is 0 Å². The van der Waals surface area contributed by atoms with Gasteiger partial charge in [-0.1, -0.05) is 60.5 Å². The van der Waals surface area contributed by atoms with Crippen LogP contribution in [0.25, 0.3) is 0 Å². The molecule has 0 amide bonds. The first-order valence-corrected chi connectivity index (χ1v) is 7.56. The zero-order valence-corrected chi connectivity index (χ0v) is 13.1. The Hall–Kier alpha value is -1.31. The molecular weight excluding hydrogens is 266 g/mol. The van der Waals surface area contributed by atoms with Crippen LogP contribution in [0.5, 0.6) is 0 Å². The lowest BCUT2D eigenvalue weighted by molar-refractivity contribution is 0.456. The lowest BCUT2D eigenvalue weighted by atomic mass is 10.0. The number of hydrogen-bond acceptors (Lipinski definition) is 1. The topological polar surface area (TPSA) is 12.0 Å². The average molecular weight is 288 g/mol. The van der Waals surface area contributed by atoms with E-state index in [-0.39, 0.29) is 6.04 Å². The molecule has 0 aliphatic carbocycles. The Balaban J connectivity index is 2.11. The van der Waals surface area contributed by atoms with Gasteiger partial charge in [-0.2, -0.15) is 0 Å². The van der Waals surface area contributed by atoms with Crippen molar-refractivity contribution in [3.05, 3.63) is 70.2 Å². The fourth-order valence-corrected chi connectivity index (χ4v) is 2.62. The summed E-state index contributed by atoms with van der Waals surface area (Å²) in [5, 5.41) is 4.48. The second kappa shape index (κ2) is 6.92. The van der Waals surface area contributed by atoms with Gasteiger partial charge in [0.1, 0.15) is 0 Å². The summed E-state index contributed by atoms with van der Waals surface area (Å²) in [7, 11) is 0. The fourth-order valence-electron chi connectivity index (χ4n) is 2.42. The molecule has 0 saturated heterocycles. The van der Waals surface area contributed by atoms with Crippen LogP contribution in [0.2, 0.25) is 5.02 Å². The van der Waals surface area contributed by atoms with Crippen molar-refractivity contribution in [2.45, 2.75) is 39.3 Å². The number of rotatable bonds is 5. The Morgan fingerprint density at radius 3 is 2.35 bits per heavy atom. The van der Waals surface area contributed by atoms with E-state index in [9.17, 15) is 0 Å². The molecule has 0 saturated carbocycles. The van der Waals surface area contributed by atoms with E-state index in [2.05, 4.69) is 56.4 Å². The first kappa shape index (κ1) is 15.1. The van der Waals surface area contributed by atoms with Gasteiger partial charge in [-0.3, -0.25) is 0 Å². The highest BCUT2D eigenvalue weighted by Crippen LogP contribution is 2.24. The molecule has 0 aliphatic heterocycles. The summed E-state index contributed by atoms with van der Waals surface area (Å²) in [6.45, 7) is 6.51. The molecule has 2 rings (SSSR count). The van der Waals surface area contributed by atoms with Gasteiger partial charge in [0.25, 0.3) is 0 Å². The van der Waals surface area contributed by atoms with Crippen LogP contribution >= 0.6 is 11.6 Å². The average Bonchev–Trinajstić information content (AvgIpc) is 2.45. The predicted octanol–water partition coefficient (Wildman–Crippen LogP) is 5.45. The van der Waals surface area contributed by atoms with Crippen LogP contribution in [0.3, 0.4) is 0 Å². The minimum absolute atomic E-state index is 0.278. The van der Waals surface area contributed by atoms with E-state index in [4.69, 9.17) is 11.6 Å². The van der Waals surface area contributed by atoms with Crippen LogP contribution < -0.4 is 5.32 Å². The smallest absolute Gasteiger partial charge is 0.0409 e. The SMILES string of the molecule is CCC(N[C@@H](C)c1cccc(Cl)c1)c1ccc(C)cc1. The molecule has 0 bridgehead atoms. The number of benzene rings is 2. The van der Waals surface area contributed by atoms with Crippen molar-refractivity contribution in [2.75, 3.05) is 0 Å². The Morgan fingerprint density at radius 2 is 1.75 bits per heavy atom. The second-order valence-electron chi connectivity index (χ2n) is 5.31. The van der Waals surface area contributed by atoms with Gasteiger partial charge in [-0.25, -0.2) is 0 Å². The van der Waals surface area contributed by atoms with E-state index < -0.39 is 0 Å². The van der Waals surface area contributed by atoms with Crippen LogP contribution in [-0.2, 0) is 0 Å². The van der Waals surface area contributed by atoms with E-state index in [0.29, 0.717) is 6.04 Å². The quantitative estimate of drug-likeness (QED) is 0.771. The van der Waals surface area contributed by atoms with Crippen LogP contribution in [0.4, 0.5) is 0 Å². The summed E-state index contributed by atoms with van der Waals surface area (Å²) in [6.07, 6.45) is 1.06. The summed E-state index contributed by atoms with van der Waals surface area (Å²) in [5.41, 5.74) is 3.86. The predicted molar refractivity (Wildman–Crippen MR) is 87.2 cm³/mol. The van der Waals surface area contributed by atoms with Crippen LogP contribution in [-0.4, -0.2) is 0 Å². The third-order valence-corrected chi connectivity index (χ3v) is 3.92. The van der Waals surface area contributed by atoms with Crippen molar-refractivity contribution in [2.24, 2.45) is 0 Å². The van der Waals surface area contributed by atoms with E-state index in [1.54, 1.807) is 0 Å². The van der Waals surface area contributed by atoms with E-state index in [0.717, 1.165) is 11.4 Å². The number of halogens is 1. The summed E-state index contributed by atoms with van der Waals surface area (Å²) in [6, 6.07) is 17.5. The summed E-state index contributed by atoms with van der Waals surface area (Å²) in [5.74, 6) is 0. The van der Waals surface area contributed by atoms with Gasteiger partial charge in [0.05, 0.1) is 0 Å². The monoisotopic (exact) mass is 287 g/mol. The van der Waals surface area contributed by atoms with Gasteiger partial charge in [0.2, 0.25) is 0 Å². The van der Waals surface area contributed by atoms with E-state index in [1.165, 1.54) is 16.7 Å². The van der Waals surface area contributed by atoms with Gasteiger partial charge in [0, 0.05) is 17.1 Å². The molecule has 0 aliphatic rings. The first-order valence-electron chi connectivity index (χ1n) is 7.18. The normalized spacial score (nSPS) is 14.0. The minimum Gasteiger partial charge on any atom is -0.303 e. The molecule has 0 fully saturated rings. The van der Waals surface area contributed by atoms with Crippen LogP contribution in [0.1, 0.15) is 49.0 Å². The van der Waals surface area contributed by atoms with Gasteiger partial charge in [-0.15, -0.1) is 0 Å². The van der Waals surface area contributed by atoms with Crippen LogP contribution in [0.15, 0.2) is 48.5 Å². The molecule has 106 valence electrons. The summed E-state index contributed by atoms with van der Waals surface area (Å²) < 4.78 is 0. The standard InChI is InChI=1S/C18H22ClN/c1-4-18(15-10-8-13(2)9-11-15)20-14(3)16-6-5-7-17(19)12-16/h5-12,14,18,20H,4H2,1-3H3/t14-,18?/m0/s1. The lowest BCUT2D eigenvalue weighted by Gasteiger charge is -2.23. The third kappa shape index (κ3) is 3.84. The maximum atomic E-state index is 6.07. The molecule has 1 N–H and O–H groups in total. The molecule has 2 aromatic rings. The largest absolute Gasteiger partial charge is 0.303 e. The molecule has 0 spiro atoms. The van der Waals surface area contributed by atoms with E-state index in [1.807, 2.05) is 18.2 Å². The van der Waals surface area contributed by atoms with Gasteiger partial charge >= 0.3 is 0 Å². The third-order valence-electron chi connectivity index (χ3n) is 3.69. The second-order valence-corrected chi connectivity index (χ2v) is 5.75. The molecule has 2 atom stereocenters. The van der Waals surface area contributed by atoms with Crippen molar-refractivity contribution in [1.29, 1.82) is 0 Å². The molecule has 1 nitrogen and oxygen atoms in total. The Bertz CT molecular complexity index is 548. The molecule has 1 unspecified atom stereocenters. The first-order chi connectivity index (χ1) is 9.60. The number of aryl methyl sites for hydroxylation is 1. The summed E-state index contributed by atoms with van der Waals surface area (Å²) >= 11 is 6.07. The highest BCUT2D eigenvalue weighted by Gasteiger charge is 2.13. The van der Waals surface area contributed by atoms with Crippen molar-refractivity contribution < 1.29 is 0 Å². The number of nitrogens with one attached hydrogen (secondary N) is 1.